The minimum absolute atomic E-state index is 0.675. The SMILES string of the molecule is F[C@H]1CCCN1c1ccccc1. The summed E-state index contributed by atoms with van der Waals surface area (Å²) in [5, 5.41) is 0. The number of anilines is 1. The average Bonchev–Trinajstić information content (AvgIpc) is 2.53. The number of alkyl halides is 1. The highest BCUT2D eigenvalue weighted by molar-refractivity contribution is 5.47. The van der Waals surface area contributed by atoms with Crippen molar-refractivity contribution in [3.8, 4) is 0 Å². The Hall–Kier alpha value is -1.05. The first kappa shape index (κ1) is 7.59. The van der Waals surface area contributed by atoms with Crippen molar-refractivity contribution >= 4 is 5.69 Å². The molecule has 1 saturated heterocycles. The third-order valence-corrected chi connectivity index (χ3v) is 2.27. The first-order valence-electron chi connectivity index (χ1n) is 4.34. The predicted molar refractivity (Wildman–Crippen MR) is 47.9 cm³/mol. The fraction of sp³-hybridized carbons (Fsp3) is 0.400. The molecule has 2 heteroatoms. The van der Waals surface area contributed by atoms with Gasteiger partial charge in [0.25, 0.3) is 0 Å². The van der Waals surface area contributed by atoms with E-state index in [0.717, 1.165) is 18.7 Å². The number of hydrogen-bond donors (Lipinski definition) is 0. The second-order valence-electron chi connectivity index (χ2n) is 3.11. The molecule has 0 spiro atoms. The van der Waals surface area contributed by atoms with Gasteiger partial charge in [0.05, 0.1) is 0 Å². The van der Waals surface area contributed by atoms with Crippen LogP contribution < -0.4 is 4.90 Å². The van der Waals surface area contributed by atoms with E-state index >= 15 is 0 Å². The molecule has 0 aliphatic carbocycles. The zero-order valence-electron chi connectivity index (χ0n) is 6.91. The fourth-order valence-electron chi connectivity index (χ4n) is 1.64. The van der Waals surface area contributed by atoms with Crippen molar-refractivity contribution in [1.82, 2.24) is 0 Å². The smallest absolute Gasteiger partial charge is 0.172 e. The molecule has 1 aromatic carbocycles. The Bertz CT molecular complexity index is 247. The van der Waals surface area contributed by atoms with E-state index < -0.39 is 6.30 Å². The molecule has 1 aliphatic rings. The molecule has 0 bridgehead atoms. The quantitative estimate of drug-likeness (QED) is 0.578. The molecule has 12 heavy (non-hydrogen) atoms. The third-order valence-electron chi connectivity index (χ3n) is 2.27. The summed E-state index contributed by atoms with van der Waals surface area (Å²) < 4.78 is 13.2. The number of benzene rings is 1. The lowest BCUT2D eigenvalue weighted by molar-refractivity contribution is 0.345. The molecule has 1 atom stereocenters. The number of hydrogen-bond acceptors (Lipinski definition) is 1. The monoisotopic (exact) mass is 165 g/mol. The van der Waals surface area contributed by atoms with E-state index in [2.05, 4.69) is 0 Å². The maximum Gasteiger partial charge on any atom is 0.172 e. The molecule has 0 radical (unpaired) electrons. The Balaban J connectivity index is 2.19. The molecule has 2 rings (SSSR count). The van der Waals surface area contributed by atoms with Gasteiger partial charge >= 0.3 is 0 Å². The van der Waals surface area contributed by atoms with Crippen molar-refractivity contribution in [3.63, 3.8) is 0 Å². The average molecular weight is 165 g/mol. The van der Waals surface area contributed by atoms with Gasteiger partial charge in [-0.15, -0.1) is 0 Å². The van der Waals surface area contributed by atoms with E-state index in [0.29, 0.717) is 6.42 Å². The van der Waals surface area contributed by atoms with Crippen molar-refractivity contribution in [2.45, 2.75) is 19.1 Å². The van der Waals surface area contributed by atoms with E-state index in [4.69, 9.17) is 0 Å². The van der Waals surface area contributed by atoms with Gasteiger partial charge in [0, 0.05) is 12.2 Å². The minimum Gasteiger partial charge on any atom is -0.342 e. The zero-order chi connectivity index (χ0) is 8.39. The summed E-state index contributed by atoms with van der Waals surface area (Å²) in [6.07, 6.45) is 0.873. The topological polar surface area (TPSA) is 3.24 Å². The van der Waals surface area contributed by atoms with Gasteiger partial charge in [0.1, 0.15) is 0 Å². The van der Waals surface area contributed by atoms with E-state index in [9.17, 15) is 4.39 Å². The molecule has 0 unspecified atom stereocenters. The highest BCUT2D eigenvalue weighted by Crippen LogP contribution is 2.25. The fourth-order valence-corrected chi connectivity index (χ4v) is 1.64. The van der Waals surface area contributed by atoms with Crippen LogP contribution in [0, 0.1) is 0 Å². The van der Waals surface area contributed by atoms with Crippen LogP contribution in [0.15, 0.2) is 30.3 Å². The largest absolute Gasteiger partial charge is 0.342 e. The molecule has 1 fully saturated rings. The van der Waals surface area contributed by atoms with Crippen LogP contribution in [0.25, 0.3) is 0 Å². The standard InChI is InChI=1S/C10H12FN/c11-10-7-4-8-12(10)9-5-2-1-3-6-9/h1-3,5-6,10H,4,7-8H2/t10-/m1/s1. The lowest BCUT2D eigenvalue weighted by Gasteiger charge is -2.20. The van der Waals surface area contributed by atoms with E-state index in [1.807, 2.05) is 35.2 Å². The van der Waals surface area contributed by atoms with Crippen molar-refractivity contribution in [2.75, 3.05) is 11.4 Å². The third kappa shape index (κ3) is 1.29. The van der Waals surface area contributed by atoms with Crippen LogP contribution in [0.1, 0.15) is 12.8 Å². The Morgan fingerprint density at radius 2 is 2.00 bits per heavy atom. The molecule has 1 nitrogen and oxygen atoms in total. The van der Waals surface area contributed by atoms with Gasteiger partial charge in [0.15, 0.2) is 6.30 Å². The molecular weight excluding hydrogens is 153 g/mol. The molecule has 1 aromatic rings. The van der Waals surface area contributed by atoms with Crippen LogP contribution in [0.4, 0.5) is 10.1 Å². The maximum atomic E-state index is 13.2. The summed E-state index contributed by atoms with van der Waals surface area (Å²) in [5.74, 6) is 0. The van der Waals surface area contributed by atoms with E-state index in [-0.39, 0.29) is 0 Å². The van der Waals surface area contributed by atoms with Crippen molar-refractivity contribution in [3.05, 3.63) is 30.3 Å². The van der Waals surface area contributed by atoms with Crippen LogP contribution in [-0.4, -0.2) is 12.8 Å². The molecule has 1 heterocycles. The lowest BCUT2D eigenvalue weighted by atomic mass is 10.3. The highest BCUT2D eigenvalue weighted by atomic mass is 19.1. The van der Waals surface area contributed by atoms with Gasteiger partial charge < -0.3 is 4.90 Å². The number of para-hydroxylation sites is 1. The summed E-state index contributed by atoms with van der Waals surface area (Å²) in [6, 6.07) is 9.75. The second-order valence-corrected chi connectivity index (χ2v) is 3.11. The summed E-state index contributed by atoms with van der Waals surface area (Å²) in [5.41, 5.74) is 1.00. The molecule has 0 N–H and O–H groups in total. The number of nitrogens with zero attached hydrogens (tertiary/aromatic N) is 1. The first-order chi connectivity index (χ1) is 5.88. The number of rotatable bonds is 1. The summed E-state index contributed by atoms with van der Waals surface area (Å²) in [6.45, 7) is 0.852. The van der Waals surface area contributed by atoms with Crippen LogP contribution in [-0.2, 0) is 0 Å². The van der Waals surface area contributed by atoms with Crippen LogP contribution in [0.5, 0.6) is 0 Å². The maximum absolute atomic E-state index is 13.2. The Labute approximate surface area is 71.8 Å². The minimum atomic E-state index is -0.771. The molecule has 0 aromatic heterocycles. The van der Waals surface area contributed by atoms with E-state index in [1.54, 1.807) is 0 Å². The van der Waals surface area contributed by atoms with Crippen molar-refractivity contribution in [1.29, 1.82) is 0 Å². The van der Waals surface area contributed by atoms with Gasteiger partial charge in [-0.2, -0.15) is 0 Å². The molecule has 0 saturated carbocycles. The highest BCUT2D eigenvalue weighted by Gasteiger charge is 2.23. The Kier molecular flexibility index (Phi) is 1.98. The van der Waals surface area contributed by atoms with Crippen LogP contribution in [0.2, 0.25) is 0 Å². The second kappa shape index (κ2) is 3.13. The Morgan fingerprint density at radius 3 is 2.58 bits per heavy atom. The Morgan fingerprint density at radius 1 is 1.25 bits per heavy atom. The summed E-state index contributed by atoms with van der Waals surface area (Å²) >= 11 is 0. The van der Waals surface area contributed by atoms with Crippen molar-refractivity contribution in [2.24, 2.45) is 0 Å². The first-order valence-corrected chi connectivity index (χ1v) is 4.34. The normalized spacial score (nSPS) is 23.1. The van der Waals surface area contributed by atoms with Gasteiger partial charge in [-0.25, -0.2) is 4.39 Å². The molecule has 0 amide bonds. The van der Waals surface area contributed by atoms with Gasteiger partial charge in [-0.05, 0) is 25.0 Å². The van der Waals surface area contributed by atoms with Crippen LogP contribution in [0.3, 0.4) is 0 Å². The van der Waals surface area contributed by atoms with Crippen molar-refractivity contribution < 1.29 is 4.39 Å². The number of halogens is 1. The molecule has 1 aliphatic heterocycles. The summed E-state index contributed by atoms with van der Waals surface area (Å²) in [7, 11) is 0. The van der Waals surface area contributed by atoms with Gasteiger partial charge in [-0.3, -0.25) is 0 Å². The van der Waals surface area contributed by atoms with Gasteiger partial charge in [-0.1, -0.05) is 18.2 Å². The predicted octanol–water partition coefficient (Wildman–Crippen LogP) is 2.58. The zero-order valence-corrected chi connectivity index (χ0v) is 6.91. The molecule has 64 valence electrons. The van der Waals surface area contributed by atoms with Crippen LogP contribution >= 0.6 is 0 Å². The summed E-state index contributed by atoms with van der Waals surface area (Å²) in [4.78, 5) is 1.82. The van der Waals surface area contributed by atoms with Gasteiger partial charge in [0.2, 0.25) is 0 Å². The lowest BCUT2D eigenvalue weighted by Crippen LogP contribution is -2.24. The molecular formula is C10H12FN. The van der Waals surface area contributed by atoms with E-state index in [1.165, 1.54) is 0 Å².